The lowest BCUT2D eigenvalue weighted by Crippen LogP contribution is -2.51. The molecule has 0 aliphatic carbocycles. The Labute approximate surface area is 180 Å². The molecule has 31 heavy (non-hydrogen) atoms. The Morgan fingerprint density at radius 1 is 0.839 bits per heavy atom. The van der Waals surface area contributed by atoms with E-state index in [2.05, 4.69) is 5.32 Å². The standard InChI is InChI=1S/C23H24N4O4/c28-21(24-16-19-8-5-15-31-19)17-27-10-4-9-20(27)23(30)26-13-11-25(12-14-26)22(29)18-6-2-1-3-7-18/h1-10,15H,11-14,16-17H2,(H,24,28). The molecule has 1 N–H and O–H groups in total. The van der Waals surface area contributed by atoms with Crippen molar-refractivity contribution in [3.05, 3.63) is 84.1 Å². The maximum atomic E-state index is 13.0. The second kappa shape index (κ2) is 9.34. The summed E-state index contributed by atoms with van der Waals surface area (Å²) in [6.45, 7) is 2.20. The van der Waals surface area contributed by atoms with Gasteiger partial charge in [-0.25, -0.2) is 0 Å². The van der Waals surface area contributed by atoms with Crippen molar-refractivity contribution in [3.63, 3.8) is 0 Å². The molecule has 1 aliphatic heterocycles. The summed E-state index contributed by atoms with van der Waals surface area (Å²) in [7, 11) is 0. The van der Waals surface area contributed by atoms with Crippen LogP contribution in [0.4, 0.5) is 0 Å². The summed E-state index contributed by atoms with van der Waals surface area (Å²) in [6, 6.07) is 16.2. The molecule has 2 aromatic heterocycles. The minimum atomic E-state index is -0.208. The maximum Gasteiger partial charge on any atom is 0.270 e. The average Bonchev–Trinajstić information content (AvgIpc) is 3.50. The van der Waals surface area contributed by atoms with Crippen LogP contribution in [0.5, 0.6) is 0 Å². The third-order valence-corrected chi connectivity index (χ3v) is 5.28. The van der Waals surface area contributed by atoms with Crippen LogP contribution in [-0.2, 0) is 17.9 Å². The van der Waals surface area contributed by atoms with E-state index in [1.807, 2.05) is 18.2 Å². The van der Waals surface area contributed by atoms with Gasteiger partial charge in [-0.15, -0.1) is 0 Å². The largest absolute Gasteiger partial charge is 0.467 e. The second-order valence-corrected chi connectivity index (χ2v) is 7.33. The van der Waals surface area contributed by atoms with Crippen molar-refractivity contribution in [2.45, 2.75) is 13.1 Å². The lowest BCUT2D eigenvalue weighted by molar-refractivity contribution is -0.121. The Hall–Kier alpha value is -3.81. The van der Waals surface area contributed by atoms with Crippen LogP contribution in [-0.4, -0.2) is 58.3 Å². The molecule has 0 spiro atoms. The topological polar surface area (TPSA) is 87.8 Å². The molecular formula is C23H24N4O4. The Bertz CT molecular complexity index is 1030. The number of amides is 3. The summed E-state index contributed by atoms with van der Waals surface area (Å²) in [4.78, 5) is 41.4. The first-order chi connectivity index (χ1) is 15.1. The summed E-state index contributed by atoms with van der Waals surface area (Å²) in [5, 5.41) is 2.78. The van der Waals surface area contributed by atoms with Crippen molar-refractivity contribution >= 4 is 17.7 Å². The molecule has 1 fully saturated rings. The van der Waals surface area contributed by atoms with Gasteiger partial charge >= 0.3 is 0 Å². The van der Waals surface area contributed by atoms with Gasteiger partial charge in [0.1, 0.15) is 18.0 Å². The molecule has 1 aromatic carbocycles. The molecule has 1 aliphatic rings. The van der Waals surface area contributed by atoms with Crippen molar-refractivity contribution in [2.75, 3.05) is 26.2 Å². The lowest BCUT2D eigenvalue weighted by Gasteiger charge is -2.35. The molecule has 3 heterocycles. The Kier molecular flexibility index (Phi) is 6.16. The highest BCUT2D eigenvalue weighted by molar-refractivity contribution is 5.95. The fourth-order valence-corrected chi connectivity index (χ4v) is 3.59. The van der Waals surface area contributed by atoms with E-state index in [4.69, 9.17) is 4.42 Å². The van der Waals surface area contributed by atoms with Crippen LogP contribution >= 0.6 is 0 Å². The van der Waals surface area contributed by atoms with Gasteiger partial charge in [0, 0.05) is 37.9 Å². The van der Waals surface area contributed by atoms with Crippen molar-refractivity contribution in [2.24, 2.45) is 0 Å². The molecule has 1 saturated heterocycles. The van der Waals surface area contributed by atoms with E-state index < -0.39 is 0 Å². The number of hydrogen-bond donors (Lipinski definition) is 1. The third-order valence-electron chi connectivity index (χ3n) is 5.28. The normalized spacial score (nSPS) is 13.8. The van der Waals surface area contributed by atoms with Gasteiger partial charge in [-0.05, 0) is 36.4 Å². The van der Waals surface area contributed by atoms with Gasteiger partial charge < -0.3 is 24.1 Å². The average molecular weight is 420 g/mol. The van der Waals surface area contributed by atoms with E-state index in [0.29, 0.717) is 49.7 Å². The summed E-state index contributed by atoms with van der Waals surface area (Å²) in [5.41, 5.74) is 1.10. The summed E-state index contributed by atoms with van der Waals surface area (Å²) in [5.74, 6) is 0.292. The van der Waals surface area contributed by atoms with Crippen molar-refractivity contribution in [1.29, 1.82) is 0 Å². The van der Waals surface area contributed by atoms with Crippen LogP contribution in [0.25, 0.3) is 0 Å². The van der Waals surface area contributed by atoms with Crippen LogP contribution in [0.2, 0.25) is 0 Å². The summed E-state index contributed by atoms with van der Waals surface area (Å²) in [6.07, 6.45) is 3.27. The first kappa shape index (κ1) is 20.5. The number of piperazine rings is 1. The highest BCUT2D eigenvalue weighted by Gasteiger charge is 2.27. The summed E-state index contributed by atoms with van der Waals surface area (Å²) < 4.78 is 6.84. The fourth-order valence-electron chi connectivity index (χ4n) is 3.59. The number of carbonyl (C=O) groups is 3. The molecule has 8 nitrogen and oxygen atoms in total. The minimum Gasteiger partial charge on any atom is -0.467 e. The molecule has 3 amide bonds. The molecular weight excluding hydrogens is 396 g/mol. The SMILES string of the molecule is O=C(Cn1cccc1C(=O)N1CCN(C(=O)c2ccccc2)CC1)NCc1ccco1. The van der Waals surface area contributed by atoms with Gasteiger partial charge in [-0.2, -0.15) is 0 Å². The maximum absolute atomic E-state index is 13.0. The molecule has 0 atom stereocenters. The number of furan rings is 1. The van der Waals surface area contributed by atoms with E-state index in [-0.39, 0.29) is 24.3 Å². The van der Waals surface area contributed by atoms with Gasteiger partial charge in [0.05, 0.1) is 12.8 Å². The van der Waals surface area contributed by atoms with E-state index >= 15 is 0 Å². The molecule has 0 saturated carbocycles. The van der Waals surface area contributed by atoms with E-state index in [9.17, 15) is 14.4 Å². The van der Waals surface area contributed by atoms with Gasteiger partial charge in [-0.1, -0.05) is 18.2 Å². The molecule has 4 rings (SSSR count). The van der Waals surface area contributed by atoms with Crippen molar-refractivity contribution in [1.82, 2.24) is 19.7 Å². The molecule has 0 bridgehead atoms. The van der Waals surface area contributed by atoms with E-state index in [1.165, 1.54) is 0 Å². The van der Waals surface area contributed by atoms with E-state index in [0.717, 1.165) is 0 Å². The lowest BCUT2D eigenvalue weighted by atomic mass is 10.2. The number of nitrogens with one attached hydrogen (secondary N) is 1. The van der Waals surface area contributed by atoms with E-state index in [1.54, 1.807) is 63.2 Å². The molecule has 0 unspecified atom stereocenters. The van der Waals surface area contributed by atoms with Crippen LogP contribution in [0.3, 0.4) is 0 Å². The molecule has 0 radical (unpaired) electrons. The Morgan fingerprint density at radius 2 is 1.55 bits per heavy atom. The monoisotopic (exact) mass is 420 g/mol. The molecule has 3 aromatic rings. The van der Waals surface area contributed by atoms with Crippen molar-refractivity contribution < 1.29 is 18.8 Å². The Morgan fingerprint density at radius 3 is 2.23 bits per heavy atom. The Balaban J connectivity index is 1.32. The van der Waals surface area contributed by atoms with Crippen LogP contribution in [0, 0.1) is 0 Å². The quantitative estimate of drug-likeness (QED) is 0.661. The highest BCUT2D eigenvalue weighted by Crippen LogP contribution is 2.13. The zero-order valence-corrected chi connectivity index (χ0v) is 17.1. The number of aromatic nitrogens is 1. The number of nitrogens with zero attached hydrogens (tertiary/aromatic N) is 3. The number of carbonyl (C=O) groups excluding carboxylic acids is 3. The van der Waals surface area contributed by atoms with Crippen LogP contribution in [0.15, 0.2) is 71.5 Å². The van der Waals surface area contributed by atoms with Crippen molar-refractivity contribution in [3.8, 4) is 0 Å². The second-order valence-electron chi connectivity index (χ2n) is 7.33. The van der Waals surface area contributed by atoms with Gasteiger partial charge in [0.2, 0.25) is 5.91 Å². The number of benzene rings is 1. The number of rotatable bonds is 6. The minimum absolute atomic E-state index is 0.0238. The van der Waals surface area contributed by atoms with Crippen LogP contribution in [0.1, 0.15) is 26.6 Å². The van der Waals surface area contributed by atoms with Gasteiger partial charge in [-0.3, -0.25) is 14.4 Å². The van der Waals surface area contributed by atoms with Gasteiger partial charge in [0.25, 0.3) is 11.8 Å². The zero-order valence-electron chi connectivity index (χ0n) is 17.1. The molecule has 8 heteroatoms. The zero-order chi connectivity index (χ0) is 21.6. The number of hydrogen-bond acceptors (Lipinski definition) is 4. The predicted octanol–water partition coefficient (Wildman–Crippen LogP) is 2.00. The van der Waals surface area contributed by atoms with Crippen LogP contribution < -0.4 is 5.32 Å². The predicted molar refractivity (Wildman–Crippen MR) is 113 cm³/mol. The third kappa shape index (κ3) is 4.85. The fraction of sp³-hybridized carbons (Fsp3) is 0.261. The first-order valence-corrected chi connectivity index (χ1v) is 10.2. The molecule has 160 valence electrons. The first-order valence-electron chi connectivity index (χ1n) is 10.2. The van der Waals surface area contributed by atoms with Gasteiger partial charge in [0.15, 0.2) is 0 Å². The smallest absolute Gasteiger partial charge is 0.270 e. The summed E-state index contributed by atoms with van der Waals surface area (Å²) >= 11 is 0. The highest BCUT2D eigenvalue weighted by atomic mass is 16.3.